The van der Waals surface area contributed by atoms with Gasteiger partial charge in [0.1, 0.15) is 24.5 Å². The first kappa shape index (κ1) is 31.9. The molecule has 1 aromatic heterocycles. The minimum atomic E-state index is 0.787. The van der Waals surface area contributed by atoms with E-state index in [2.05, 4.69) is 61.1 Å². The molecule has 4 heteroatoms. The van der Waals surface area contributed by atoms with Crippen molar-refractivity contribution in [3.63, 3.8) is 0 Å². The van der Waals surface area contributed by atoms with Gasteiger partial charge in [-0.1, -0.05) is 78.6 Å². The van der Waals surface area contributed by atoms with Gasteiger partial charge in [0, 0.05) is 0 Å². The van der Waals surface area contributed by atoms with Crippen molar-refractivity contribution in [2.75, 3.05) is 47.9 Å². The van der Waals surface area contributed by atoms with E-state index < -0.39 is 0 Å². The minimum absolute atomic E-state index is 0.787. The Morgan fingerprint density at radius 3 is 1.63 bits per heavy atom. The van der Waals surface area contributed by atoms with Crippen molar-refractivity contribution in [3.05, 3.63) is 23.5 Å². The Labute approximate surface area is 219 Å². The Kier molecular flexibility index (Phi) is 16.6. The van der Waals surface area contributed by atoms with Crippen LogP contribution in [-0.4, -0.2) is 61.8 Å². The molecule has 0 fully saturated rings. The molecule has 0 saturated heterocycles. The van der Waals surface area contributed by atoms with E-state index in [1.54, 1.807) is 0 Å². The van der Waals surface area contributed by atoms with Crippen LogP contribution >= 0.6 is 0 Å². The van der Waals surface area contributed by atoms with Crippen molar-refractivity contribution in [3.8, 4) is 5.75 Å². The van der Waals surface area contributed by atoms with E-state index in [0.717, 1.165) is 52.9 Å². The summed E-state index contributed by atoms with van der Waals surface area (Å²) in [5.74, 6) is 0.998. The Balaban J connectivity index is 2.75. The van der Waals surface area contributed by atoms with Gasteiger partial charge in [-0.25, -0.2) is 4.98 Å². The van der Waals surface area contributed by atoms with E-state index in [0.29, 0.717) is 0 Å². The normalized spacial score (nSPS) is 12.3. The molecule has 0 aliphatic carbocycles. The lowest BCUT2D eigenvalue weighted by atomic mass is 10.1. The lowest BCUT2D eigenvalue weighted by Gasteiger charge is -2.31. The van der Waals surface area contributed by atoms with Crippen molar-refractivity contribution in [1.29, 1.82) is 0 Å². The van der Waals surface area contributed by atoms with Crippen LogP contribution in [0, 0.1) is 0 Å². The summed E-state index contributed by atoms with van der Waals surface area (Å²) in [6, 6.07) is 4.41. The molecule has 1 aromatic rings. The van der Waals surface area contributed by atoms with Crippen LogP contribution < -0.4 is 4.74 Å². The lowest BCUT2D eigenvalue weighted by molar-refractivity contribution is -0.905. The molecule has 0 amide bonds. The summed E-state index contributed by atoms with van der Waals surface area (Å²) in [5.41, 5.74) is 2.35. The molecule has 1 rings (SSSR count). The fourth-order valence-corrected chi connectivity index (χ4v) is 4.84. The molecule has 0 unspecified atom stereocenters. The second-order valence-electron chi connectivity index (χ2n) is 12.1. The van der Waals surface area contributed by atoms with Crippen LogP contribution in [0.1, 0.15) is 122 Å². The number of unbranched alkanes of at least 4 members (excludes halogenated alkanes) is 11. The average Bonchev–Trinajstić information content (AvgIpc) is 2.79. The predicted octanol–water partition coefficient (Wildman–Crippen LogP) is 8.13. The van der Waals surface area contributed by atoms with Gasteiger partial charge in [0.2, 0.25) is 0 Å². The van der Waals surface area contributed by atoms with Crippen LogP contribution in [0.15, 0.2) is 12.1 Å². The maximum absolute atomic E-state index is 6.21. The summed E-state index contributed by atoms with van der Waals surface area (Å²) in [6.45, 7) is 11.9. The molecule has 35 heavy (non-hydrogen) atoms. The SMILES string of the molecule is CCCCCCCC[N+](C)(C)Cc1ccc(OCCCC)c(C[N+](C)(C)CCCCCCCC)n1. The molecule has 0 spiro atoms. The number of rotatable bonds is 22. The van der Waals surface area contributed by atoms with Gasteiger partial charge in [-0.05, 0) is 44.2 Å². The molecule has 0 N–H and O–H groups in total. The van der Waals surface area contributed by atoms with Crippen LogP contribution in [-0.2, 0) is 13.1 Å². The third-order valence-electron chi connectivity index (χ3n) is 7.15. The molecule has 4 nitrogen and oxygen atoms in total. The zero-order valence-corrected chi connectivity index (χ0v) is 24.8. The molecule has 0 atom stereocenters. The van der Waals surface area contributed by atoms with E-state index in [1.807, 2.05) is 0 Å². The summed E-state index contributed by atoms with van der Waals surface area (Å²) in [7, 11) is 9.43. The number of aromatic nitrogens is 1. The molecule has 204 valence electrons. The molecule has 0 saturated carbocycles. The maximum atomic E-state index is 6.21. The summed E-state index contributed by atoms with van der Waals surface area (Å²) in [5, 5.41) is 0. The smallest absolute Gasteiger partial charge is 0.146 e. The number of nitrogens with zero attached hydrogens (tertiary/aromatic N) is 3. The minimum Gasteiger partial charge on any atom is -0.491 e. The predicted molar refractivity (Wildman–Crippen MR) is 153 cm³/mol. The molecule has 0 aliphatic heterocycles. The number of quaternary nitrogens is 2. The molecule has 1 heterocycles. The van der Waals surface area contributed by atoms with Crippen LogP contribution in [0.3, 0.4) is 0 Å². The first-order chi connectivity index (χ1) is 16.7. The van der Waals surface area contributed by atoms with Crippen molar-refractivity contribution < 1.29 is 13.7 Å². The molecule has 0 bridgehead atoms. The largest absolute Gasteiger partial charge is 0.491 e. The number of ether oxygens (including phenoxy) is 1. The highest BCUT2D eigenvalue weighted by Gasteiger charge is 2.22. The fraction of sp³-hybridized carbons (Fsp3) is 0.839. The second kappa shape index (κ2) is 18.2. The third-order valence-corrected chi connectivity index (χ3v) is 7.15. The Morgan fingerprint density at radius 1 is 0.600 bits per heavy atom. The highest BCUT2D eigenvalue weighted by atomic mass is 16.5. The summed E-state index contributed by atoms with van der Waals surface area (Å²) >= 11 is 0. The fourth-order valence-electron chi connectivity index (χ4n) is 4.84. The summed E-state index contributed by atoms with van der Waals surface area (Å²) in [6.07, 6.45) is 18.5. The molecule has 0 aromatic carbocycles. The van der Waals surface area contributed by atoms with Crippen LogP contribution in [0.2, 0.25) is 0 Å². The van der Waals surface area contributed by atoms with Crippen molar-refractivity contribution in [2.24, 2.45) is 0 Å². The Morgan fingerprint density at radius 2 is 1.09 bits per heavy atom. The lowest BCUT2D eigenvalue weighted by Crippen LogP contribution is -2.41. The summed E-state index contributed by atoms with van der Waals surface area (Å²) in [4.78, 5) is 5.20. The monoisotopic (exact) mass is 491 g/mol. The Bertz CT molecular complexity index is 657. The van der Waals surface area contributed by atoms with Crippen LogP contribution in [0.4, 0.5) is 0 Å². The molecular formula is C31H61N3O+2. The first-order valence-corrected chi connectivity index (χ1v) is 15.0. The van der Waals surface area contributed by atoms with Crippen molar-refractivity contribution >= 4 is 0 Å². The van der Waals surface area contributed by atoms with Gasteiger partial charge in [-0.15, -0.1) is 0 Å². The molecule has 0 radical (unpaired) electrons. The molecular weight excluding hydrogens is 430 g/mol. The van der Waals surface area contributed by atoms with Gasteiger partial charge in [0.05, 0.1) is 53.6 Å². The van der Waals surface area contributed by atoms with Crippen molar-refractivity contribution in [2.45, 2.75) is 124 Å². The van der Waals surface area contributed by atoms with Gasteiger partial charge in [-0.3, -0.25) is 0 Å². The maximum Gasteiger partial charge on any atom is 0.146 e. The highest BCUT2D eigenvalue weighted by molar-refractivity contribution is 5.29. The number of hydrogen-bond acceptors (Lipinski definition) is 2. The van der Waals surface area contributed by atoms with E-state index in [4.69, 9.17) is 9.72 Å². The number of pyridine rings is 1. The second-order valence-corrected chi connectivity index (χ2v) is 12.1. The van der Waals surface area contributed by atoms with Crippen molar-refractivity contribution in [1.82, 2.24) is 4.98 Å². The van der Waals surface area contributed by atoms with E-state index in [9.17, 15) is 0 Å². The third kappa shape index (κ3) is 15.6. The van der Waals surface area contributed by atoms with Gasteiger partial charge in [-0.2, -0.15) is 0 Å². The van der Waals surface area contributed by atoms with Gasteiger partial charge in [0.25, 0.3) is 0 Å². The average molecular weight is 492 g/mol. The van der Waals surface area contributed by atoms with Crippen LogP contribution in [0.5, 0.6) is 5.75 Å². The van der Waals surface area contributed by atoms with E-state index in [1.165, 1.54) is 95.8 Å². The molecule has 0 aliphatic rings. The quantitative estimate of drug-likeness (QED) is 0.121. The zero-order chi connectivity index (χ0) is 26.0. The van der Waals surface area contributed by atoms with Gasteiger partial charge in [0.15, 0.2) is 0 Å². The van der Waals surface area contributed by atoms with E-state index in [-0.39, 0.29) is 0 Å². The van der Waals surface area contributed by atoms with E-state index >= 15 is 0 Å². The summed E-state index contributed by atoms with van der Waals surface area (Å²) < 4.78 is 8.20. The van der Waals surface area contributed by atoms with Gasteiger partial charge < -0.3 is 13.7 Å². The van der Waals surface area contributed by atoms with Gasteiger partial charge >= 0.3 is 0 Å². The first-order valence-electron chi connectivity index (χ1n) is 15.0. The Hall–Kier alpha value is -1.13. The highest BCUT2D eigenvalue weighted by Crippen LogP contribution is 2.23. The zero-order valence-electron chi connectivity index (χ0n) is 24.8. The standard InChI is InChI=1S/C31H61N3O/c1-8-11-14-16-18-20-24-33(4,5)27-29-22-23-31(35-26-13-10-3)30(32-29)28-34(6,7)25-21-19-17-15-12-9-2/h22-23H,8-21,24-28H2,1-7H3/q+2. The topological polar surface area (TPSA) is 22.1 Å². The number of hydrogen-bond donors (Lipinski definition) is 0. The van der Waals surface area contributed by atoms with Crippen LogP contribution in [0.25, 0.3) is 0 Å².